The van der Waals surface area contributed by atoms with Crippen LogP contribution in [-0.2, 0) is 6.18 Å². The molecule has 0 heterocycles. The van der Waals surface area contributed by atoms with Gasteiger partial charge in [0.15, 0.2) is 0 Å². The van der Waals surface area contributed by atoms with Gasteiger partial charge in [0.25, 0.3) is 0 Å². The molecule has 0 atom stereocenters. The number of hydrogen-bond acceptors (Lipinski definition) is 2. The van der Waals surface area contributed by atoms with Gasteiger partial charge in [0.05, 0.1) is 5.56 Å². The van der Waals surface area contributed by atoms with Gasteiger partial charge in [0.1, 0.15) is 5.75 Å². The Morgan fingerprint density at radius 3 is 2.14 bits per heavy atom. The average Bonchev–Trinajstić information content (AvgIpc) is 2.35. The zero-order valence-electron chi connectivity index (χ0n) is 10.8. The highest BCUT2D eigenvalue weighted by Gasteiger charge is 2.34. The molecular formula is C14H9F6NO. The first-order valence-corrected chi connectivity index (χ1v) is 5.89. The molecule has 0 aromatic heterocycles. The van der Waals surface area contributed by atoms with Crippen LogP contribution in [0.1, 0.15) is 5.56 Å². The zero-order valence-corrected chi connectivity index (χ0v) is 10.8. The largest absolute Gasteiger partial charge is 0.573 e. The van der Waals surface area contributed by atoms with Crippen LogP contribution in [0.5, 0.6) is 5.75 Å². The Balaban J connectivity index is 2.52. The summed E-state index contributed by atoms with van der Waals surface area (Å²) in [4.78, 5) is 0. The number of hydrogen-bond donors (Lipinski definition) is 1. The number of nitrogen functional groups attached to an aromatic ring is 1. The molecule has 2 aromatic carbocycles. The van der Waals surface area contributed by atoms with Crippen molar-refractivity contribution in [2.45, 2.75) is 12.5 Å². The second-order valence-corrected chi connectivity index (χ2v) is 4.38. The summed E-state index contributed by atoms with van der Waals surface area (Å²) in [6.45, 7) is 0. The number of rotatable bonds is 2. The smallest absolute Gasteiger partial charge is 0.406 e. The fraction of sp³-hybridized carbons (Fsp3) is 0.143. The molecule has 2 nitrogen and oxygen atoms in total. The predicted molar refractivity (Wildman–Crippen MR) is 68.0 cm³/mol. The Bertz CT molecular complexity index is 678. The predicted octanol–water partition coefficient (Wildman–Crippen LogP) is 4.85. The number of halogens is 6. The maximum Gasteiger partial charge on any atom is 0.573 e. The molecule has 0 aliphatic heterocycles. The van der Waals surface area contributed by atoms with E-state index in [1.165, 1.54) is 12.1 Å². The fourth-order valence-electron chi connectivity index (χ4n) is 1.91. The van der Waals surface area contributed by atoms with Gasteiger partial charge in [0.2, 0.25) is 0 Å². The van der Waals surface area contributed by atoms with E-state index in [1.54, 1.807) is 0 Å². The van der Waals surface area contributed by atoms with E-state index in [4.69, 9.17) is 5.73 Å². The van der Waals surface area contributed by atoms with Gasteiger partial charge in [-0.2, -0.15) is 13.2 Å². The van der Waals surface area contributed by atoms with Crippen molar-refractivity contribution in [3.05, 3.63) is 48.0 Å². The minimum absolute atomic E-state index is 0.0603. The van der Waals surface area contributed by atoms with Crippen LogP contribution in [0.4, 0.5) is 32.0 Å². The zero-order chi connectivity index (χ0) is 16.5. The molecule has 0 spiro atoms. The van der Waals surface area contributed by atoms with E-state index in [0.29, 0.717) is 0 Å². The third kappa shape index (κ3) is 3.84. The van der Waals surface area contributed by atoms with Gasteiger partial charge >= 0.3 is 12.5 Å². The minimum atomic E-state index is -4.93. The van der Waals surface area contributed by atoms with Crippen molar-refractivity contribution in [1.82, 2.24) is 0 Å². The maximum absolute atomic E-state index is 13.0. The summed E-state index contributed by atoms with van der Waals surface area (Å²) >= 11 is 0. The molecule has 0 amide bonds. The van der Waals surface area contributed by atoms with Gasteiger partial charge in [-0.15, -0.1) is 13.2 Å². The van der Waals surface area contributed by atoms with Crippen molar-refractivity contribution in [2.75, 3.05) is 5.73 Å². The van der Waals surface area contributed by atoms with E-state index in [2.05, 4.69) is 4.74 Å². The average molecular weight is 321 g/mol. The molecule has 0 bridgehead atoms. The van der Waals surface area contributed by atoms with Crippen molar-refractivity contribution in [2.24, 2.45) is 0 Å². The highest BCUT2D eigenvalue weighted by molar-refractivity contribution is 5.72. The van der Waals surface area contributed by atoms with Crippen molar-refractivity contribution >= 4 is 5.69 Å². The molecule has 118 valence electrons. The molecule has 8 heteroatoms. The topological polar surface area (TPSA) is 35.2 Å². The quantitative estimate of drug-likeness (QED) is 0.634. The Morgan fingerprint density at radius 1 is 0.864 bits per heavy atom. The summed E-state index contributed by atoms with van der Waals surface area (Å²) in [6, 6.07) is 7.18. The summed E-state index contributed by atoms with van der Waals surface area (Å²) in [5.41, 5.74) is 4.13. The van der Waals surface area contributed by atoms with E-state index in [9.17, 15) is 26.3 Å². The Kier molecular flexibility index (Phi) is 3.95. The Morgan fingerprint density at radius 2 is 1.55 bits per heavy atom. The van der Waals surface area contributed by atoms with Gasteiger partial charge in [-0.25, -0.2) is 0 Å². The van der Waals surface area contributed by atoms with E-state index in [0.717, 1.165) is 30.3 Å². The molecule has 2 aromatic rings. The van der Waals surface area contributed by atoms with Crippen LogP contribution in [0, 0.1) is 0 Å². The van der Waals surface area contributed by atoms with Crippen LogP contribution in [0.2, 0.25) is 0 Å². The number of ether oxygens (including phenoxy) is 1. The van der Waals surface area contributed by atoms with Crippen LogP contribution in [0.25, 0.3) is 11.1 Å². The first-order chi connectivity index (χ1) is 10.1. The van der Waals surface area contributed by atoms with Crippen LogP contribution in [0.15, 0.2) is 42.5 Å². The lowest BCUT2D eigenvalue weighted by Crippen LogP contribution is -2.17. The number of alkyl halides is 6. The molecule has 0 saturated heterocycles. The van der Waals surface area contributed by atoms with E-state index in [-0.39, 0.29) is 16.8 Å². The van der Waals surface area contributed by atoms with Crippen LogP contribution in [-0.4, -0.2) is 6.36 Å². The van der Waals surface area contributed by atoms with Gasteiger partial charge in [-0.3, -0.25) is 0 Å². The lowest BCUT2D eigenvalue weighted by Gasteiger charge is -2.15. The monoisotopic (exact) mass is 321 g/mol. The molecule has 0 radical (unpaired) electrons. The van der Waals surface area contributed by atoms with E-state index in [1.807, 2.05) is 0 Å². The Labute approximate surface area is 121 Å². The third-order valence-electron chi connectivity index (χ3n) is 2.73. The van der Waals surface area contributed by atoms with E-state index >= 15 is 0 Å². The molecule has 22 heavy (non-hydrogen) atoms. The second kappa shape index (κ2) is 5.43. The first kappa shape index (κ1) is 16.0. The summed E-state index contributed by atoms with van der Waals surface area (Å²) in [6.07, 6.45) is -9.59. The molecule has 0 fully saturated rings. The first-order valence-electron chi connectivity index (χ1n) is 5.89. The van der Waals surface area contributed by atoms with Crippen molar-refractivity contribution < 1.29 is 31.1 Å². The molecule has 0 unspecified atom stereocenters. The van der Waals surface area contributed by atoms with Crippen molar-refractivity contribution in [3.8, 4) is 16.9 Å². The van der Waals surface area contributed by atoms with Crippen LogP contribution in [0.3, 0.4) is 0 Å². The fourth-order valence-corrected chi connectivity index (χ4v) is 1.91. The maximum atomic E-state index is 13.0. The van der Waals surface area contributed by atoms with Crippen molar-refractivity contribution in [1.29, 1.82) is 0 Å². The molecule has 2 rings (SSSR count). The second-order valence-electron chi connectivity index (χ2n) is 4.38. The van der Waals surface area contributed by atoms with Gasteiger partial charge in [0, 0.05) is 5.69 Å². The molecule has 0 aliphatic rings. The number of benzene rings is 2. The molecular weight excluding hydrogens is 312 g/mol. The summed E-state index contributed by atoms with van der Waals surface area (Å²) in [5, 5.41) is 0. The third-order valence-corrected chi connectivity index (χ3v) is 2.73. The van der Waals surface area contributed by atoms with Gasteiger partial charge in [-0.05, 0) is 41.5 Å². The summed E-state index contributed by atoms with van der Waals surface area (Å²) in [7, 11) is 0. The van der Waals surface area contributed by atoms with Crippen LogP contribution < -0.4 is 10.5 Å². The molecule has 0 saturated carbocycles. The number of nitrogens with two attached hydrogens (primary N) is 1. The van der Waals surface area contributed by atoms with Crippen molar-refractivity contribution in [3.63, 3.8) is 0 Å². The standard InChI is InChI=1S/C14H9F6NO/c15-13(16,17)12-5-4-9(21)7-11(12)8-2-1-3-10(6-8)22-14(18,19)20/h1-7H,21H2. The highest BCUT2D eigenvalue weighted by Crippen LogP contribution is 2.39. The van der Waals surface area contributed by atoms with Gasteiger partial charge in [-0.1, -0.05) is 12.1 Å². The normalized spacial score (nSPS) is 12.3. The molecule has 0 aliphatic carbocycles. The lowest BCUT2D eigenvalue weighted by atomic mass is 9.98. The SMILES string of the molecule is Nc1ccc(C(F)(F)F)c(-c2cccc(OC(F)(F)F)c2)c1. The lowest BCUT2D eigenvalue weighted by molar-refractivity contribution is -0.274. The molecule has 2 N–H and O–H groups in total. The van der Waals surface area contributed by atoms with Gasteiger partial charge < -0.3 is 10.5 Å². The summed E-state index contributed by atoms with van der Waals surface area (Å²) < 4.78 is 79.2. The Hall–Kier alpha value is -2.38. The van der Waals surface area contributed by atoms with Crippen LogP contribution >= 0.6 is 0 Å². The number of anilines is 1. The summed E-state index contributed by atoms with van der Waals surface area (Å²) in [5.74, 6) is -0.611. The minimum Gasteiger partial charge on any atom is -0.406 e. The highest BCUT2D eigenvalue weighted by atomic mass is 19.4. The van der Waals surface area contributed by atoms with E-state index < -0.39 is 23.9 Å².